The van der Waals surface area contributed by atoms with Crippen LogP contribution in [0.15, 0.2) is 18.2 Å². The highest BCUT2D eigenvalue weighted by Crippen LogP contribution is 2.42. The molecule has 1 unspecified atom stereocenters. The van der Waals surface area contributed by atoms with Gasteiger partial charge in [-0.2, -0.15) is 0 Å². The van der Waals surface area contributed by atoms with Crippen LogP contribution in [-0.2, 0) is 10.2 Å². The van der Waals surface area contributed by atoms with E-state index in [-0.39, 0.29) is 11.5 Å². The number of nitrogens with two attached hydrogens (primary N) is 1. The van der Waals surface area contributed by atoms with Crippen molar-refractivity contribution in [1.82, 2.24) is 0 Å². The first kappa shape index (κ1) is 13.2. The topological polar surface area (TPSA) is 53.7 Å². The summed E-state index contributed by atoms with van der Waals surface area (Å²) in [5.74, 6) is 1.64. The van der Waals surface area contributed by atoms with Crippen LogP contribution in [-0.4, -0.2) is 33.5 Å². The Hall–Kier alpha value is -1.26. The molecule has 0 amide bonds. The van der Waals surface area contributed by atoms with Crippen LogP contribution in [0.4, 0.5) is 0 Å². The lowest BCUT2D eigenvalue weighted by Gasteiger charge is -2.43. The van der Waals surface area contributed by atoms with Gasteiger partial charge in [0.25, 0.3) is 0 Å². The van der Waals surface area contributed by atoms with Crippen molar-refractivity contribution in [3.8, 4) is 11.5 Å². The standard InChI is InChI=1S/C14H21NO3/c1-10(15)7-14(8-18-9-14)12-5-4-11(16-2)6-13(12)17-3/h4-6,10H,7-9,15H2,1-3H3. The maximum absolute atomic E-state index is 5.95. The van der Waals surface area contributed by atoms with Gasteiger partial charge in [-0.05, 0) is 19.4 Å². The van der Waals surface area contributed by atoms with Gasteiger partial charge in [-0.15, -0.1) is 0 Å². The van der Waals surface area contributed by atoms with Crippen molar-refractivity contribution in [3.63, 3.8) is 0 Å². The highest BCUT2D eigenvalue weighted by atomic mass is 16.5. The van der Waals surface area contributed by atoms with Gasteiger partial charge in [-0.1, -0.05) is 6.07 Å². The molecule has 2 rings (SSSR count). The second-order valence-corrected chi connectivity index (χ2v) is 5.02. The molecule has 0 spiro atoms. The van der Waals surface area contributed by atoms with Gasteiger partial charge in [-0.25, -0.2) is 0 Å². The molecule has 100 valence electrons. The fourth-order valence-corrected chi connectivity index (χ4v) is 2.58. The largest absolute Gasteiger partial charge is 0.497 e. The van der Waals surface area contributed by atoms with Crippen molar-refractivity contribution in [2.24, 2.45) is 5.73 Å². The highest BCUT2D eigenvalue weighted by molar-refractivity contribution is 5.46. The van der Waals surface area contributed by atoms with E-state index in [9.17, 15) is 0 Å². The van der Waals surface area contributed by atoms with Gasteiger partial charge in [0.2, 0.25) is 0 Å². The maximum Gasteiger partial charge on any atom is 0.126 e. The lowest BCUT2D eigenvalue weighted by atomic mass is 9.73. The molecule has 1 aromatic carbocycles. The number of ether oxygens (including phenoxy) is 3. The van der Waals surface area contributed by atoms with E-state index >= 15 is 0 Å². The minimum absolute atomic E-state index is 0.00815. The van der Waals surface area contributed by atoms with Crippen molar-refractivity contribution < 1.29 is 14.2 Å². The smallest absolute Gasteiger partial charge is 0.126 e. The molecule has 0 aromatic heterocycles. The van der Waals surface area contributed by atoms with Gasteiger partial charge < -0.3 is 19.9 Å². The Bertz CT molecular complexity index is 414. The molecule has 2 N–H and O–H groups in total. The third-order valence-electron chi connectivity index (χ3n) is 3.45. The van der Waals surface area contributed by atoms with Crippen LogP contribution >= 0.6 is 0 Å². The average Bonchev–Trinajstić information content (AvgIpc) is 2.33. The highest BCUT2D eigenvalue weighted by Gasteiger charge is 2.42. The number of rotatable bonds is 5. The van der Waals surface area contributed by atoms with Crippen molar-refractivity contribution >= 4 is 0 Å². The predicted octanol–water partition coefficient (Wildman–Crippen LogP) is 1.71. The molecule has 4 heteroatoms. The fourth-order valence-electron chi connectivity index (χ4n) is 2.58. The molecule has 1 heterocycles. The van der Waals surface area contributed by atoms with Crippen LogP contribution in [0, 0.1) is 0 Å². The van der Waals surface area contributed by atoms with E-state index in [1.54, 1.807) is 14.2 Å². The van der Waals surface area contributed by atoms with Crippen LogP contribution in [0.5, 0.6) is 11.5 Å². The molecule has 4 nitrogen and oxygen atoms in total. The van der Waals surface area contributed by atoms with Gasteiger partial charge in [0, 0.05) is 23.1 Å². The van der Waals surface area contributed by atoms with E-state index < -0.39 is 0 Å². The monoisotopic (exact) mass is 251 g/mol. The molecule has 1 saturated heterocycles. The zero-order valence-corrected chi connectivity index (χ0v) is 11.2. The lowest BCUT2D eigenvalue weighted by Crippen LogP contribution is -2.49. The molecule has 0 saturated carbocycles. The average molecular weight is 251 g/mol. The van der Waals surface area contributed by atoms with E-state index in [4.69, 9.17) is 19.9 Å². The number of methoxy groups -OCH3 is 2. The third-order valence-corrected chi connectivity index (χ3v) is 3.45. The SMILES string of the molecule is COc1ccc(C2(CC(C)N)COC2)c(OC)c1. The van der Waals surface area contributed by atoms with Crippen LogP contribution in [0.3, 0.4) is 0 Å². The minimum Gasteiger partial charge on any atom is -0.497 e. The van der Waals surface area contributed by atoms with Crippen LogP contribution in [0.25, 0.3) is 0 Å². The summed E-state index contributed by atoms with van der Waals surface area (Å²) in [7, 11) is 3.33. The first-order valence-electron chi connectivity index (χ1n) is 6.17. The molecule has 1 atom stereocenters. The number of benzene rings is 1. The Kier molecular flexibility index (Phi) is 3.78. The molecule has 1 aliphatic heterocycles. The maximum atomic E-state index is 5.95. The molecule has 1 aliphatic rings. The Morgan fingerprint density at radius 3 is 2.50 bits per heavy atom. The molecule has 0 bridgehead atoms. The van der Waals surface area contributed by atoms with Gasteiger partial charge in [-0.3, -0.25) is 0 Å². The molecular formula is C14H21NO3. The summed E-state index contributed by atoms with van der Waals surface area (Å²) in [5.41, 5.74) is 7.11. The van der Waals surface area contributed by atoms with Crippen molar-refractivity contribution in [2.45, 2.75) is 24.8 Å². The molecule has 18 heavy (non-hydrogen) atoms. The molecular weight excluding hydrogens is 230 g/mol. The van der Waals surface area contributed by atoms with Crippen LogP contribution in [0.2, 0.25) is 0 Å². The van der Waals surface area contributed by atoms with E-state index in [0.29, 0.717) is 13.2 Å². The summed E-state index contributed by atoms with van der Waals surface area (Å²) in [4.78, 5) is 0. The second kappa shape index (κ2) is 5.16. The first-order valence-corrected chi connectivity index (χ1v) is 6.17. The molecule has 1 fully saturated rings. The summed E-state index contributed by atoms with van der Waals surface area (Å²) < 4.78 is 16.1. The summed E-state index contributed by atoms with van der Waals surface area (Å²) in [5, 5.41) is 0. The lowest BCUT2D eigenvalue weighted by molar-refractivity contribution is -0.0674. The summed E-state index contributed by atoms with van der Waals surface area (Å²) in [6.45, 7) is 3.44. The van der Waals surface area contributed by atoms with Crippen molar-refractivity contribution in [1.29, 1.82) is 0 Å². The molecule has 0 radical (unpaired) electrons. The zero-order valence-electron chi connectivity index (χ0n) is 11.2. The Labute approximate surface area is 108 Å². The van der Waals surface area contributed by atoms with E-state index in [1.165, 1.54) is 0 Å². The Balaban J connectivity index is 2.36. The van der Waals surface area contributed by atoms with E-state index in [0.717, 1.165) is 23.5 Å². The summed E-state index contributed by atoms with van der Waals surface area (Å²) >= 11 is 0. The van der Waals surface area contributed by atoms with Gasteiger partial charge in [0.05, 0.1) is 27.4 Å². The normalized spacial score (nSPS) is 18.9. The van der Waals surface area contributed by atoms with Gasteiger partial charge in [0.1, 0.15) is 11.5 Å². The Morgan fingerprint density at radius 2 is 2.06 bits per heavy atom. The van der Waals surface area contributed by atoms with Crippen LogP contribution < -0.4 is 15.2 Å². The summed E-state index contributed by atoms with van der Waals surface area (Å²) in [6.07, 6.45) is 0.899. The predicted molar refractivity (Wildman–Crippen MR) is 70.3 cm³/mol. The van der Waals surface area contributed by atoms with E-state index in [2.05, 4.69) is 6.07 Å². The fraction of sp³-hybridized carbons (Fsp3) is 0.571. The van der Waals surface area contributed by atoms with Crippen LogP contribution in [0.1, 0.15) is 18.9 Å². The van der Waals surface area contributed by atoms with Gasteiger partial charge in [0.15, 0.2) is 0 Å². The molecule has 1 aromatic rings. The van der Waals surface area contributed by atoms with E-state index in [1.807, 2.05) is 19.1 Å². The third kappa shape index (κ3) is 2.31. The number of hydrogen-bond donors (Lipinski definition) is 1. The minimum atomic E-state index is -0.00815. The van der Waals surface area contributed by atoms with Crippen molar-refractivity contribution in [2.75, 3.05) is 27.4 Å². The second-order valence-electron chi connectivity index (χ2n) is 5.02. The number of hydrogen-bond acceptors (Lipinski definition) is 4. The summed E-state index contributed by atoms with van der Waals surface area (Å²) in [6, 6.07) is 6.07. The first-order chi connectivity index (χ1) is 8.61. The van der Waals surface area contributed by atoms with Gasteiger partial charge >= 0.3 is 0 Å². The van der Waals surface area contributed by atoms with Crippen molar-refractivity contribution in [3.05, 3.63) is 23.8 Å². The zero-order chi connectivity index (χ0) is 13.2. The Morgan fingerprint density at radius 1 is 1.33 bits per heavy atom. The molecule has 0 aliphatic carbocycles. The quantitative estimate of drug-likeness (QED) is 0.865.